The Morgan fingerprint density at radius 3 is 2.07 bits per heavy atom. The van der Waals surface area contributed by atoms with E-state index in [-0.39, 0.29) is 0 Å². The van der Waals surface area contributed by atoms with Crippen molar-refractivity contribution in [1.82, 2.24) is 24.9 Å². The molecule has 7 heteroatoms. The van der Waals surface area contributed by atoms with Gasteiger partial charge in [0.05, 0.1) is 5.69 Å². The van der Waals surface area contributed by atoms with Crippen LogP contribution < -0.4 is 9.80 Å². The molecule has 1 fully saturated rings. The van der Waals surface area contributed by atoms with Crippen LogP contribution in [0.3, 0.4) is 0 Å². The third-order valence-corrected chi connectivity index (χ3v) is 5.14. The van der Waals surface area contributed by atoms with Gasteiger partial charge in [-0.2, -0.15) is 0 Å². The van der Waals surface area contributed by atoms with Crippen LogP contribution in [0.15, 0.2) is 79.4 Å². The molecule has 4 aromatic heterocycles. The first-order chi connectivity index (χ1) is 14.9. The second kappa shape index (κ2) is 8.24. The van der Waals surface area contributed by atoms with E-state index in [4.69, 9.17) is 9.97 Å². The molecule has 0 bridgehead atoms. The fraction of sp³-hybridized carbons (Fsp3) is 0.174. The van der Waals surface area contributed by atoms with Gasteiger partial charge in [0.25, 0.3) is 0 Å². The molecule has 1 aliphatic rings. The molecule has 7 nitrogen and oxygen atoms in total. The zero-order chi connectivity index (χ0) is 20.2. The summed E-state index contributed by atoms with van der Waals surface area (Å²) in [4.78, 5) is 27.4. The van der Waals surface area contributed by atoms with Gasteiger partial charge in [0.2, 0.25) is 0 Å². The molecule has 0 amide bonds. The monoisotopic (exact) mass is 395 g/mol. The van der Waals surface area contributed by atoms with Gasteiger partial charge in [-0.1, -0.05) is 12.1 Å². The van der Waals surface area contributed by atoms with Crippen LogP contribution in [0.2, 0.25) is 0 Å². The van der Waals surface area contributed by atoms with Gasteiger partial charge in [0.1, 0.15) is 17.3 Å². The lowest BCUT2D eigenvalue weighted by molar-refractivity contribution is 0.641. The molecule has 30 heavy (non-hydrogen) atoms. The second-order valence-electron chi connectivity index (χ2n) is 7.05. The topological polar surface area (TPSA) is 70.9 Å². The maximum Gasteiger partial charge on any atom is 0.180 e. The summed E-state index contributed by atoms with van der Waals surface area (Å²) >= 11 is 0. The highest BCUT2D eigenvalue weighted by molar-refractivity contribution is 5.66. The average Bonchev–Trinajstić information content (AvgIpc) is 2.85. The lowest BCUT2D eigenvalue weighted by atomic mass is 10.2. The maximum atomic E-state index is 4.85. The Balaban J connectivity index is 1.46. The molecule has 0 N–H and O–H groups in total. The highest BCUT2D eigenvalue weighted by Gasteiger charge is 2.21. The molecule has 1 saturated heterocycles. The molecule has 0 aliphatic carbocycles. The number of aromatic nitrogens is 5. The van der Waals surface area contributed by atoms with Gasteiger partial charge in [-0.05, 0) is 36.4 Å². The van der Waals surface area contributed by atoms with Crippen molar-refractivity contribution in [3.8, 4) is 22.8 Å². The van der Waals surface area contributed by atoms with Crippen LogP contribution in [-0.4, -0.2) is 51.1 Å². The Bertz CT molecular complexity index is 1040. The maximum absolute atomic E-state index is 4.85. The first kappa shape index (κ1) is 18.2. The number of nitrogens with zero attached hydrogens (tertiary/aromatic N) is 7. The lowest BCUT2D eigenvalue weighted by Crippen LogP contribution is -2.47. The van der Waals surface area contributed by atoms with Gasteiger partial charge in [-0.3, -0.25) is 9.97 Å². The number of piperazine rings is 1. The van der Waals surface area contributed by atoms with E-state index < -0.39 is 0 Å². The van der Waals surface area contributed by atoms with E-state index in [1.807, 2.05) is 60.9 Å². The van der Waals surface area contributed by atoms with Crippen molar-refractivity contribution in [3.05, 3.63) is 79.4 Å². The van der Waals surface area contributed by atoms with E-state index in [2.05, 4.69) is 30.8 Å². The summed E-state index contributed by atoms with van der Waals surface area (Å²) in [6.07, 6.45) is 7.20. The van der Waals surface area contributed by atoms with Gasteiger partial charge in [0.15, 0.2) is 5.82 Å². The molecule has 0 aromatic carbocycles. The smallest absolute Gasteiger partial charge is 0.180 e. The molecular formula is C23H21N7. The van der Waals surface area contributed by atoms with E-state index >= 15 is 0 Å². The Morgan fingerprint density at radius 2 is 1.40 bits per heavy atom. The number of pyridine rings is 3. The number of anilines is 2. The molecule has 0 radical (unpaired) electrons. The molecule has 1 aliphatic heterocycles. The first-order valence-electron chi connectivity index (χ1n) is 9.99. The van der Waals surface area contributed by atoms with Crippen LogP contribution in [0.4, 0.5) is 11.6 Å². The van der Waals surface area contributed by atoms with E-state index in [1.165, 1.54) is 0 Å². The van der Waals surface area contributed by atoms with Crippen LogP contribution in [0.25, 0.3) is 22.8 Å². The summed E-state index contributed by atoms with van der Waals surface area (Å²) in [5.41, 5.74) is 2.57. The van der Waals surface area contributed by atoms with Crippen molar-refractivity contribution < 1.29 is 0 Å². The van der Waals surface area contributed by atoms with Crippen molar-refractivity contribution >= 4 is 11.6 Å². The Kier molecular flexibility index (Phi) is 4.99. The summed E-state index contributed by atoms with van der Waals surface area (Å²) in [6, 6.07) is 17.8. The van der Waals surface area contributed by atoms with Crippen molar-refractivity contribution in [2.45, 2.75) is 0 Å². The molecule has 4 aromatic rings. The summed E-state index contributed by atoms with van der Waals surface area (Å²) in [7, 11) is 0. The largest absolute Gasteiger partial charge is 0.353 e. The van der Waals surface area contributed by atoms with Gasteiger partial charge in [0, 0.05) is 62.6 Å². The van der Waals surface area contributed by atoms with E-state index in [9.17, 15) is 0 Å². The minimum absolute atomic E-state index is 0.624. The lowest BCUT2D eigenvalue weighted by Gasteiger charge is -2.36. The van der Waals surface area contributed by atoms with Crippen LogP contribution in [0.1, 0.15) is 0 Å². The minimum Gasteiger partial charge on any atom is -0.353 e. The summed E-state index contributed by atoms with van der Waals surface area (Å²) in [6.45, 7) is 3.51. The number of hydrogen-bond donors (Lipinski definition) is 0. The summed E-state index contributed by atoms with van der Waals surface area (Å²) < 4.78 is 0. The van der Waals surface area contributed by atoms with E-state index in [0.717, 1.165) is 54.8 Å². The van der Waals surface area contributed by atoms with Crippen LogP contribution in [0.5, 0.6) is 0 Å². The predicted molar refractivity (Wildman–Crippen MR) is 117 cm³/mol. The summed E-state index contributed by atoms with van der Waals surface area (Å²) in [5, 5.41) is 0. The zero-order valence-electron chi connectivity index (χ0n) is 16.5. The van der Waals surface area contributed by atoms with Crippen molar-refractivity contribution in [2.24, 2.45) is 0 Å². The molecule has 0 saturated carbocycles. The molecule has 0 spiro atoms. The van der Waals surface area contributed by atoms with Crippen molar-refractivity contribution in [1.29, 1.82) is 0 Å². The molecule has 148 valence electrons. The van der Waals surface area contributed by atoms with Crippen LogP contribution in [-0.2, 0) is 0 Å². The number of hydrogen-bond acceptors (Lipinski definition) is 7. The fourth-order valence-corrected chi connectivity index (χ4v) is 3.57. The fourth-order valence-electron chi connectivity index (χ4n) is 3.57. The van der Waals surface area contributed by atoms with Gasteiger partial charge in [-0.25, -0.2) is 15.0 Å². The average molecular weight is 395 g/mol. The Hall–Kier alpha value is -3.87. The van der Waals surface area contributed by atoms with Crippen molar-refractivity contribution in [3.63, 3.8) is 0 Å². The highest BCUT2D eigenvalue weighted by Crippen LogP contribution is 2.26. The van der Waals surface area contributed by atoms with Gasteiger partial charge >= 0.3 is 0 Å². The Labute approximate surface area is 175 Å². The highest BCUT2D eigenvalue weighted by atomic mass is 15.3. The zero-order valence-corrected chi connectivity index (χ0v) is 16.5. The molecular weight excluding hydrogens is 374 g/mol. The third-order valence-electron chi connectivity index (χ3n) is 5.14. The standard InChI is InChI=1S/C23H21N7/c1-3-10-25-19(7-1)23-27-20(18-6-5-9-24-17-18)16-22(28-23)30-14-12-29(13-15-30)21-8-2-4-11-26-21/h1-11,16-17H,12-15H2. The van der Waals surface area contributed by atoms with Gasteiger partial charge in [-0.15, -0.1) is 0 Å². The quantitative estimate of drug-likeness (QED) is 0.525. The first-order valence-corrected chi connectivity index (χ1v) is 9.99. The van der Waals surface area contributed by atoms with E-state index in [0.29, 0.717) is 5.82 Å². The second-order valence-corrected chi connectivity index (χ2v) is 7.05. The van der Waals surface area contributed by atoms with Crippen molar-refractivity contribution in [2.75, 3.05) is 36.0 Å². The predicted octanol–water partition coefficient (Wildman–Crippen LogP) is 3.32. The number of rotatable bonds is 4. The molecule has 5 rings (SSSR count). The normalized spacial score (nSPS) is 14.0. The third kappa shape index (κ3) is 3.82. The summed E-state index contributed by atoms with van der Waals surface area (Å²) in [5.74, 6) is 2.55. The van der Waals surface area contributed by atoms with Gasteiger partial charge < -0.3 is 9.80 Å². The SMILES string of the molecule is c1ccc(-c2nc(-c3cccnc3)cc(N3CCN(c4ccccn4)CC3)n2)nc1. The minimum atomic E-state index is 0.624. The molecule has 5 heterocycles. The van der Waals surface area contributed by atoms with Crippen LogP contribution >= 0.6 is 0 Å². The molecule has 0 unspecified atom stereocenters. The Morgan fingerprint density at radius 1 is 0.633 bits per heavy atom. The molecule has 0 atom stereocenters. The van der Waals surface area contributed by atoms with Crippen LogP contribution in [0, 0.1) is 0 Å². The van der Waals surface area contributed by atoms with E-state index in [1.54, 1.807) is 12.4 Å².